The largest absolute Gasteiger partial charge is 0.484 e. The van der Waals surface area contributed by atoms with Crippen molar-refractivity contribution >= 4 is 18.3 Å². The summed E-state index contributed by atoms with van der Waals surface area (Å²) in [5, 5.41) is 2.92. The first-order valence-electron chi connectivity index (χ1n) is 6.38. The van der Waals surface area contributed by atoms with Crippen LogP contribution in [-0.4, -0.2) is 25.1 Å². The molecule has 1 aromatic rings. The van der Waals surface area contributed by atoms with E-state index in [-0.39, 0.29) is 31.0 Å². The monoisotopic (exact) mass is 284 g/mol. The standard InChI is InChI=1S/C14H20N2O2.ClH/c1-10-2-6-12(7-3-10)18-9-14(17)16-13(8-15)11-4-5-11;/h2-3,6-7,11,13H,4-5,8-9,15H2,1H3,(H,16,17);1H. The number of aryl methyl sites for hydroxylation is 1. The van der Waals surface area contributed by atoms with Crippen molar-refractivity contribution in [1.82, 2.24) is 5.32 Å². The molecule has 19 heavy (non-hydrogen) atoms. The molecule has 4 nitrogen and oxygen atoms in total. The molecule has 5 heteroatoms. The van der Waals surface area contributed by atoms with Gasteiger partial charge in [-0.3, -0.25) is 4.79 Å². The molecule has 2 rings (SSSR count). The van der Waals surface area contributed by atoms with Crippen LogP contribution in [0.2, 0.25) is 0 Å². The number of nitrogens with one attached hydrogen (secondary N) is 1. The van der Waals surface area contributed by atoms with Crippen LogP contribution in [0.25, 0.3) is 0 Å². The molecule has 1 atom stereocenters. The predicted molar refractivity (Wildman–Crippen MR) is 77.6 cm³/mol. The van der Waals surface area contributed by atoms with Crippen molar-refractivity contribution in [2.75, 3.05) is 13.2 Å². The highest BCUT2D eigenvalue weighted by molar-refractivity contribution is 5.85. The van der Waals surface area contributed by atoms with Gasteiger partial charge in [-0.2, -0.15) is 0 Å². The first-order chi connectivity index (χ1) is 8.69. The second kappa shape index (κ2) is 7.36. The lowest BCUT2D eigenvalue weighted by Gasteiger charge is -2.16. The molecule has 0 bridgehead atoms. The molecule has 0 heterocycles. The van der Waals surface area contributed by atoms with Crippen molar-refractivity contribution in [1.29, 1.82) is 0 Å². The Morgan fingerprint density at radius 3 is 2.58 bits per heavy atom. The Balaban J connectivity index is 0.00000180. The quantitative estimate of drug-likeness (QED) is 0.835. The van der Waals surface area contributed by atoms with Gasteiger partial charge in [0.05, 0.1) is 0 Å². The Morgan fingerprint density at radius 2 is 2.05 bits per heavy atom. The Morgan fingerprint density at radius 1 is 1.42 bits per heavy atom. The maximum absolute atomic E-state index is 11.7. The van der Waals surface area contributed by atoms with E-state index in [4.69, 9.17) is 10.5 Å². The van der Waals surface area contributed by atoms with Crippen molar-refractivity contribution in [3.8, 4) is 5.75 Å². The summed E-state index contributed by atoms with van der Waals surface area (Å²) in [7, 11) is 0. The minimum absolute atomic E-state index is 0. The molecule has 1 aromatic carbocycles. The molecule has 1 fully saturated rings. The summed E-state index contributed by atoms with van der Waals surface area (Å²) in [6, 6.07) is 7.76. The Hall–Kier alpha value is -1.26. The SMILES string of the molecule is Cc1ccc(OCC(=O)NC(CN)C2CC2)cc1.Cl. The third kappa shape index (κ3) is 5.09. The van der Waals surface area contributed by atoms with Gasteiger partial charge in [0.15, 0.2) is 6.61 Å². The predicted octanol–water partition coefficient (Wildman–Crippen LogP) is 1.65. The zero-order chi connectivity index (χ0) is 13.0. The molecular formula is C14H21ClN2O2. The number of benzene rings is 1. The van der Waals surface area contributed by atoms with Gasteiger partial charge in [-0.15, -0.1) is 12.4 Å². The van der Waals surface area contributed by atoms with E-state index in [0.717, 1.165) is 0 Å². The second-order valence-electron chi connectivity index (χ2n) is 4.85. The topological polar surface area (TPSA) is 64.3 Å². The van der Waals surface area contributed by atoms with Crippen LogP contribution in [0.4, 0.5) is 0 Å². The van der Waals surface area contributed by atoms with Gasteiger partial charge in [-0.05, 0) is 37.8 Å². The molecule has 1 aliphatic rings. The number of ether oxygens (including phenoxy) is 1. The molecule has 0 saturated heterocycles. The molecule has 0 spiro atoms. The molecule has 1 saturated carbocycles. The number of amides is 1. The van der Waals surface area contributed by atoms with E-state index in [1.54, 1.807) is 0 Å². The fourth-order valence-corrected chi connectivity index (χ4v) is 1.90. The molecular weight excluding hydrogens is 264 g/mol. The van der Waals surface area contributed by atoms with Gasteiger partial charge in [0, 0.05) is 12.6 Å². The maximum atomic E-state index is 11.7. The molecule has 1 unspecified atom stereocenters. The summed E-state index contributed by atoms with van der Waals surface area (Å²) < 4.78 is 5.42. The number of carbonyl (C=O) groups excluding carboxylic acids is 1. The highest BCUT2D eigenvalue weighted by Crippen LogP contribution is 2.32. The fraction of sp³-hybridized carbons (Fsp3) is 0.500. The zero-order valence-corrected chi connectivity index (χ0v) is 11.9. The first-order valence-corrected chi connectivity index (χ1v) is 6.38. The van der Waals surface area contributed by atoms with Crippen LogP contribution in [0.1, 0.15) is 18.4 Å². The molecule has 0 radical (unpaired) electrons. The van der Waals surface area contributed by atoms with Crippen molar-refractivity contribution in [3.63, 3.8) is 0 Å². The lowest BCUT2D eigenvalue weighted by Crippen LogP contribution is -2.43. The van der Waals surface area contributed by atoms with E-state index in [2.05, 4.69) is 5.32 Å². The van der Waals surface area contributed by atoms with Gasteiger partial charge in [-0.1, -0.05) is 17.7 Å². The number of hydrogen-bond donors (Lipinski definition) is 2. The molecule has 1 aliphatic carbocycles. The van der Waals surface area contributed by atoms with Crippen molar-refractivity contribution in [2.24, 2.45) is 11.7 Å². The van der Waals surface area contributed by atoms with E-state index in [0.29, 0.717) is 18.2 Å². The lowest BCUT2D eigenvalue weighted by molar-refractivity contribution is -0.123. The van der Waals surface area contributed by atoms with Crippen LogP contribution in [0.3, 0.4) is 0 Å². The van der Waals surface area contributed by atoms with Crippen LogP contribution in [0, 0.1) is 12.8 Å². The average molecular weight is 285 g/mol. The highest BCUT2D eigenvalue weighted by atomic mass is 35.5. The van der Waals surface area contributed by atoms with Crippen molar-refractivity contribution in [3.05, 3.63) is 29.8 Å². The second-order valence-corrected chi connectivity index (χ2v) is 4.85. The lowest BCUT2D eigenvalue weighted by atomic mass is 10.2. The van der Waals surface area contributed by atoms with Crippen LogP contribution in [-0.2, 0) is 4.79 Å². The van der Waals surface area contributed by atoms with E-state index in [1.807, 2.05) is 31.2 Å². The Bertz CT molecular complexity index is 404. The van der Waals surface area contributed by atoms with Gasteiger partial charge in [0.1, 0.15) is 5.75 Å². The number of nitrogens with two attached hydrogens (primary N) is 1. The van der Waals surface area contributed by atoms with E-state index in [9.17, 15) is 4.79 Å². The first kappa shape index (κ1) is 15.8. The third-order valence-corrected chi connectivity index (χ3v) is 3.18. The molecule has 1 amide bonds. The third-order valence-electron chi connectivity index (χ3n) is 3.18. The molecule has 3 N–H and O–H groups in total. The maximum Gasteiger partial charge on any atom is 0.258 e. The van der Waals surface area contributed by atoms with Gasteiger partial charge in [-0.25, -0.2) is 0 Å². The molecule has 0 aliphatic heterocycles. The van der Waals surface area contributed by atoms with Crippen LogP contribution in [0.5, 0.6) is 5.75 Å². The number of halogens is 1. The van der Waals surface area contributed by atoms with Crippen LogP contribution >= 0.6 is 12.4 Å². The Kier molecular flexibility index (Phi) is 6.12. The smallest absolute Gasteiger partial charge is 0.258 e. The number of carbonyl (C=O) groups is 1. The summed E-state index contributed by atoms with van der Waals surface area (Å²) in [6.07, 6.45) is 2.34. The summed E-state index contributed by atoms with van der Waals surface area (Å²) in [5.41, 5.74) is 6.80. The van der Waals surface area contributed by atoms with Gasteiger partial charge < -0.3 is 15.8 Å². The van der Waals surface area contributed by atoms with Crippen molar-refractivity contribution < 1.29 is 9.53 Å². The van der Waals surface area contributed by atoms with Crippen molar-refractivity contribution in [2.45, 2.75) is 25.8 Å². The zero-order valence-electron chi connectivity index (χ0n) is 11.1. The highest BCUT2D eigenvalue weighted by Gasteiger charge is 2.31. The van der Waals surface area contributed by atoms with Gasteiger partial charge >= 0.3 is 0 Å². The van der Waals surface area contributed by atoms with Gasteiger partial charge in [0.2, 0.25) is 0 Å². The molecule has 0 aromatic heterocycles. The normalized spacial score (nSPS) is 15.3. The summed E-state index contributed by atoms with van der Waals surface area (Å²) in [5.74, 6) is 1.18. The van der Waals surface area contributed by atoms with Crippen LogP contribution in [0.15, 0.2) is 24.3 Å². The van der Waals surface area contributed by atoms with Crippen LogP contribution < -0.4 is 15.8 Å². The minimum Gasteiger partial charge on any atom is -0.484 e. The van der Waals surface area contributed by atoms with E-state index in [1.165, 1.54) is 18.4 Å². The fourth-order valence-electron chi connectivity index (χ4n) is 1.90. The van der Waals surface area contributed by atoms with E-state index < -0.39 is 0 Å². The summed E-state index contributed by atoms with van der Waals surface area (Å²) in [4.78, 5) is 11.7. The number of rotatable bonds is 6. The number of hydrogen-bond acceptors (Lipinski definition) is 3. The summed E-state index contributed by atoms with van der Waals surface area (Å²) >= 11 is 0. The molecule has 106 valence electrons. The van der Waals surface area contributed by atoms with Gasteiger partial charge in [0.25, 0.3) is 5.91 Å². The summed E-state index contributed by atoms with van der Waals surface area (Å²) in [6.45, 7) is 2.56. The average Bonchev–Trinajstić information content (AvgIpc) is 3.19. The van der Waals surface area contributed by atoms with E-state index >= 15 is 0 Å². The minimum atomic E-state index is -0.0991. The Labute approximate surface area is 120 Å².